The van der Waals surface area contributed by atoms with Crippen LogP contribution in [0.4, 0.5) is 0 Å². The molecule has 0 radical (unpaired) electrons. The minimum atomic E-state index is -0.136. The predicted molar refractivity (Wildman–Crippen MR) is 99.8 cm³/mol. The number of hydrogen-bond donors (Lipinski definition) is 2. The molecule has 0 aliphatic carbocycles. The molecule has 2 N–H and O–H groups in total. The van der Waals surface area contributed by atoms with E-state index < -0.39 is 0 Å². The second-order valence-electron chi connectivity index (χ2n) is 7.00. The van der Waals surface area contributed by atoms with E-state index >= 15 is 0 Å². The van der Waals surface area contributed by atoms with Crippen LogP contribution in [0.5, 0.6) is 0 Å². The maximum absolute atomic E-state index is 12.5. The summed E-state index contributed by atoms with van der Waals surface area (Å²) in [6.45, 7) is 7.43. The van der Waals surface area contributed by atoms with Crippen molar-refractivity contribution in [2.75, 3.05) is 26.2 Å². The molecule has 5 nitrogen and oxygen atoms in total. The highest BCUT2D eigenvalue weighted by atomic mass is 16.3. The number of aromatic nitrogens is 1. The van der Waals surface area contributed by atoms with Crippen molar-refractivity contribution in [2.24, 2.45) is 0 Å². The van der Waals surface area contributed by atoms with E-state index in [1.54, 1.807) is 0 Å². The van der Waals surface area contributed by atoms with Crippen molar-refractivity contribution in [1.82, 2.24) is 15.2 Å². The Morgan fingerprint density at radius 1 is 1.28 bits per heavy atom. The molecule has 2 heterocycles. The molecule has 0 atom stereocenters. The van der Waals surface area contributed by atoms with Crippen LogP contribution >= 0.6 is 0 Å². The van der Waals surface area contributed by atoms with Crippen molar-refractivity contribution in [3.63, 3.8) is 0 Å². The van der Waals surface area contributed by atoms with E-state index in [2.05, 4.69) is 21.3 Å². The number of aryl methyl sites for hydroxylation is 2. The Hall–Kier alpha value is -1.98. The third-order valence-corrected chi connectivity index (χ3v) is 4.90. The number of nitrogens with zero attached hydrogens (tertiary/aromatic N) is 2. The molecule has 0 saturated carbocycles. The van der Waals surface area contributed by atoms with Gasteiger partial charge in [0, 0.05) is 25.0 Å². The molecule has 1 amide bonds. The van der Waals surface area contributed by atoms with Crippen LogP contribution in [0.1, 0.15) is 40.9 Å². The number of pyridine rings is 1. The summed E-state index contributed by atoms with van der Waals surface area (Å²) in [4.78, 5) is 19.4. The number of carbonyl (C=O) groups excluding carboxylic acids is 1. The second kappa shape index (κ2) is 7.93. The number of benzene rings is 1. The summed E-state index contributed by atoms with van der Waals surface area (Å²) in [6.07, 6.45) is 2.49. The Balaban J connectivity index is 1.54. The molecule has 1 fully saturated rings. The van der Waals surface area contributed by atoms with Crippen LogP contribution < -0.4 is 5.32 Å². The highest BCUT2D eigenvalue weighted by Crippen LogP contribution is 2.18. The van der Waals surface area contributed by atoms with Gasteiger partial charge in [0.05, 0.1) is 22.9 Å². The SMILES string of the molecule is Cc1ccc2nc(C)c(C(=O)NCCCN3CCC(O)CC3)cc2c1. The maximum Gasteiger partial charge on any atom is 0.253 e. The minimum Gasteiger partial charge on any atom is -0.393 e. The third kappa shape index (κ3) is 4.55. The fraction of sp³-hybridized carbons (Fsp3) is 0.500. The lowest BCUT2D eigenvalue weighted by Crippen LogP contribution is -2.37. The van der Waals surface area contributed by atoms with Crippen LogP contribution in [0.15, 0.2) is 24.3 Å². The molecule has 0 bridgehead atoms. The molecule has 1 saturated heterocycles. The molecule has 0 spiro atoms. The Labute approximate surface area is 149 Å². The second-order valence-corrected chi connectivity index (χ2v) is 7.00. The van der Waals surface area contributed by atoms with Gasteiger partial charge < -0.3 is 15.3 Å². The summed E-state index contributed by atoms with van der Waals surface area (Å²) < 4.78 is 0. The molecule has 1 aliphatic heterocycles. The Kier molecular flexibility index (Phi) is 5.66. The van der Waals surface area contributed by atoms with Crippen molar-refractivity contribution in [3.8, 4) is 0 Å². The van der Waals surface area contributed by atoms with Crippen LogP contribution in [0.2, 0.25) is 0 Å². The molecule has 25 heavy (non-hydrogen) atoms. The number of piperidine rings is 1. The number of nitrogens with one attached hydrogen (secondary N) is 1. The van der Waals surface area contributed by atoms with Crippen molar-refractivity contribution >= 4 is 16.8 Å². The van der Waals surface area contributed by atoms with Crippen molar-refractivity contribution < 1.29 is 9.90 Å². The predicted octanol–water partition coefficient (Wildman–Crippen LogP) is 2.43. The highest BCUT2D eigenvalue weighted by Gasteiger charge is 2.16. The zero-order valence-corrected chi connectivity index (χ0v) is 15.1. The van der Waals surface area contributed by atoms with Crippen molar-refractivity contribution in [2.45, 2.75) is 39.2 Å². The molecule has 1 aromatic carbocycles. The molecular formula is C20H27N3O2. The van der Waals surface area contributed by atoms with Gasteiger partial charge in [-0.25, -0.2) is 0 Å². The van der Waals surface area contributed by atoms with Gasteiger partial charge in [0.1, 0.15) is 0 Å². The van der Waals surface area contributed by atoms with Gasteiger partial charge in [0.15, 0.2) is 0 Å². The van der Waals surface area contributed by atoms with Crippen LogP contribution in [0.25, 0.3) is 10.9 Å². The van der Waals surface area contributed by atoms with E-state index in [9.17, 15) is 9.90 Å². The van der Waals surface area contributed by atoms with Crippen LogP contribution in [-0.4, -0.2) is 53.2 Å². The average Bonchev–Trinajstić information content (AvgIpc) is 2.60. The lowest BCUT2D eigenvalue weighted by atomic mass is 10.1. The summed E-state index contributed by atoms with van der Waals surface area (Å²) in [5, 5.41) is 13.5. The number of hydrogen-bond acceptors (Lipinski definition) is 4. The molecule has 2 aromatic rings. The van der Waals surface area contributed by atoms with Gasteiger partial charge in [-0.05, 0) is 57.9 Å². The lowest BCUT2D eigenvalue weighted by molar-refractivity contribution is 0.0816. The summed E-state index contributed by atoms with van der Waals surface area (Å²) >= 11 is 0. The molecular weight excluding hydrogens is 314 g/mol. The van der Waals surface area contributed by atoms with Gasteiger partial charge in [0.2, 0.25) is 0 Å². The summed E-state index contributed by atoms with van der Waals surface area (Å²) in [5.41, 5.74) is 3.50. The fourth-order valence-electron chi connectivity index (χ4n) is 3.36. The van der Waals surface area contributed by atoms with E-state index in [1.807, 2.05) is 32.0 Å². The number of aliphatic hydroxyl groups excluding tert-OH is 1. The lowest BCUT2D eigenvalue weighted by Gasteiger charge is -2.29. The standard InChI is InChI=1S/C20H27N3O2/c1-14-4-5-19-16(12-14)13-18(15(2)22-19)20(25)21-8-3-9-23-10-6-17(24)7-11-23/h4-5,12-13,17,24H,3,6-11H2,1-2H3,(H,21,25). The molecule has 3 rings (SSSR count). The first kappa shape index (κ1) is 17.8. The Bertz CT molecular complexity index is 752. The monoisotopic (exact) mass is 341 g/mol. The van der Waals surface area contributed by atoms with E-state index in [0.717, 1.165) is 61.1 Å². The van der Waals surface area contributed by atoms with Crippen molar-refractivity contribution in [3.05, 3.63) is 41.1 Å². The van der Waals surface area contributed by atoms with Crippen LogP contribution in [0, 0.1) is 13.8 Å². The number of aliphatic hydroxyl groups is 1. The van der Waals surface area contributed by atoms with Crippen molar-refractivity contribution in [1.29, 1.82) is 0 Å². The topological polar surface area (TPSA) is 65.5 Å². The zero-order chi connectivity index (χ0) is 17.8. The van der Waals surface area contributed by atoms with E-state index in [-0.39, 0.29) is 12.0 Å². The molecule has 1 aliphatic rings. The Morgan fingerprint density at radius 3 is 2.80 bits per heavy atom. The average molecular weight is 341 g/mol. The highest BCUT2D eigenvalue weighted by molar-refractivity contribution is 5.98. The van der Waals surface area contributed by atoms with Gasteiger partial charge in [-0.1, -0.05) is 11.6 Å². The number of likely N-dealkylation sites (tertiary alicyclic amines) is 1. The van der Waals surface area contributed by atoms with E-state index in [1.165, 1.54) is 0 Å². The molecule has 0 unspecified atom stereocenters. The first-order valence-electron chi connectivity index (χ1n) is 9.09. The number of rotatable bonds is 5. The maximum atomic E-state index is 12.5. The summed E-state index contributed by atoms with van der Waals surface area (Å²) in [6, 6.07) is 8.03. The van der Waals surface area contributed by atoms with Gasteiger partial charge in [-0.2, -0.15) is 0 Å². The first-order valence-corrected chi connectivity index (χ1v) is 9.09. The smallest absolute Gasteiger partial charge is 0.253 e. The number of carbonyl (C=O) groups is 1. The Morgan fingerprint density at radius 2 is 2.04 bits per heavy atom. The zero-order valence-electron chi connectivity index (χ0n) is 15.1. The molecule has 134 valence electrons. The largest absolute Gasteiger partial charge is 0.393 e. The minimum absolute atomic E-state index is 0.0533. The third-order valence-electron chi connectivity index (χ3n) is 4.90. The molecule has 5 heteroatoms. The first-order chi connectivity index (χ1) is 12.0. The summed E-state index contributed by atoms with van der Waals surface area (Å²) in [5.74, 6) is -0.0533. The van der Waals surface area contributed by atoms with Gasteiger partial charge >= 0.3 is 0 Å². The van der Waals surface area contributed by atoms with E-state index in [4.69, 9.17) is 0 Å². The number of amides is 1. The normalized spacial score (nSPS) is 16.3. The summed E-state index contributed by atoms with van der Waals surface area (Å²) in [7, 11) is 0. The van der Waals surface area contributed by atoms with Gasteiger partial charge in [-0.3, -0.25) is 9.78 Å². The van der Waals surface area contributed by atoms with E-state index in [0.29, 0.717) is 12.1 Å². The van der Waals surface area contributed by atoms with Crippen LogP contribution in [-0.2, 0) is 0 Å². The van der Waals surface area contributed by atoms with Gasteiger partial charge in [0.25, 0.3) is 5.91 Å². The number of fused-ring (bicyclic) bond motifs is 1. The van der Waals surface area contributed by atoms with Gasteiger partial charge in [-0.15, -0.1) is 0 Å². The quantitative estimate of drug-likeness (QED) is 0.820. The fourth-order valence-corrected chi connectivity index (χ4v) is 3.36. The van der Waals surface area contributed by atoms with Crippen LogP contribution in [0.3, 0.4) is 0 Å². The molecule has 1 aromatic heterocycles.